The maximum Gasteiger partial charge on any atom is 0.200 e. The lowest BCUT2D eigenvalue weighted by atomic mass is 10.1. The molecule has 2 rings (SSSR count). The molecular weight excluding hydrogens is 346 g/mol. The number of halogens is 1. The fourth-order valence-corrected chi connectivity index (χ4v) is 3.55. The first kappa shape index (κ1) is 16.0. The Balaban J connectivity index is 2.26. The summed E-state index contributed by atoms with van der Waals surface area (Å²) in [5, 5.41) is 0. The third kappa shape index (κ3) is 3.86. The fourth-order valence-electron chi connectivity index (χ4n) is 1.97. The van der Waals surface area contributed by atoms with E-state index in [1.807, 2.05) is 24.1 Å². The van der Waals surface area contributed by atoms with Crippen LogP contribution in [0.15, 0.2) is 39.1 Å². The maximum atomic E-state index is 6.15. The Morgan fingerprint density at radius 2 is 2.05 bits per heavy atom. The molecule has 0 aliphatic heterocycles. The summed E-state index contributed by atoms with van der Waals surface area (Å²) in [5.41, 5.74) is 9.39. The minimum atomic E-state index is 0.490. The van der Waals surface area contributed by atoms with Gasteiger partial charge in [0, 0.05) is 17.6 Å². The molecule has 1 aromatic heterocycles. The summed E-state index contributed by atoms with van der Waals surface area (Å²) in [7, 11) is 1.94. The molecule has 0 aliphatic rings. The second-order valence-corrected chi connectivity index (χ2v) is 7.23. The SMILES string of the molecule is CCc1cccc(N(C)C(N)=Nc2cc(CC)sc2Br)c1. The van der Waals surface area contributed by atoms with E-state index >= 15 is 0 Å². The number of anilines is 1. The van der Waals surface area contributed by atoms with E-state index in [0.29, 0.717) is 5.96 Å². The van der Waals surface area contributed by atoms with E-state index in [2.05, 4.69) is 53.0 Å². The molecule has 1 aromatic carbocycles. The van der Waals surface area contributed by atoms with Gasteiger partial charge in [-0.1, -0.05) is 26.0 Å². The topological polar surface area (TPSA) is 41.6 Å². The number of aliphatic imine (C=N–C) groups is 1. The van der Waals surface area contributed by atoms with Crippen LogP contribution in [-0.2, 0) is 12.8 Å². The molecule has 0 radical (unpaired) electrons. The van der Waals surface area contributed by atoms with Gasteiger partial charge in [-0.05, 0) is 52.5 Å². The molecule has 0 amide bonds. The lowest BCUT2D eigenvalue weighted by Gasteiger charge is -2.18. The highest BCUT2D eigenvalue weighted by Gasteiger charge is 2.09. The number of nitrogens with zero attached hydrogens (tertiary/aromatic N) is 2. The van der Waals surface area contributed by atoms with Gasteiger partial charge < -0.3 is 10.6 Å². The Kier molecular flexibility index (Phi) is 5.42. The van der Waals surface area contributed by atoms with E-state index < -0.39 is 0 Å². The van der Waals surface area contributed by atoms with Gasteiger partial charge in [-0.25, -0.2) is 4.99 Å². The van der Waals surface area contributed by atoms with Gasteiger partial charge in [-0.2, -0.15) is 0 Å². The van der Waals surface area contributed by atoms with E-state index in [9.17, 15) is 0 Å². The van der Waals surface area contributed by atoms with Crippen LogP contribution in [-0.4, -0.2) is 13.0 Å². The van der Waals surface area contributed by atoms with E-state index in [-0.39, 0.29) is 0 Å². The maximum absolute atomic E-state index is 6.15. The summed E-state index contributed by atoms with van der Waals surface area (Å²) in [6, 6.07) is 10.4. The van der Waals surface area contributed by atoms with Crippen molar-refractivity contribution in [1.29, 1.82) is 0 Å². The Morgan fingerprint density at radius 3 is 2.67 bits per heavy atom. The van der Waals surface area contributed by atoms with Crippen molar-refractivity contribution in [1.82, 2.24) is 0 Å². The molecule has 0 fully saturated rings. The smallest absolute Gasteiger partial charge is 0.200 e. The van der Waals surface area contributed by atoms with Crippen molar-refractivity contribution in [3.8, 4) is 0 Å². The molecule has 0 saturated heterocycles. The van der Waals surface area contributed by atoms with Gasteiger partial charge in [0.25, 0.3) is 0 Å². The number of guanidine groups is 1. The van der Waals surface area contributed by atoms with Crippen molar-refractivity contribution in [2.24, 2.45) is 10.7 Å². The monoisotopic (exact) mass is 365 g/mol. The zero-order chi connectivity index (χ0) is 15.4. The molecule has 0 atom stereocenters. The Hall–Kier alpha value is -1.33. The number of aryl methyl sites for hydroxylation is 2. The van der Waals surface area contributed by atoms with Crippen molar-refractivity contribution >= 4 is 44.6 Å². The van der Waals surface area contributed by atoms with Crippen LogP contribution in [0.2, 0.25) is 0 Å². The summed E-state index contributed by atoms with van der Waals surface area (Å²) >= 11 is 5.26. The van der Waals surface area contributed by atoms with Crippen molar-refractivity contribution in [3.05, 3.63) is 44.6 Å². The molecule has 0 unspecified atom stereocenters. The van der Waals surface area contributed by atoms with Crippen molar-refractivity contribution in [2.75, 3.05) is 11.9 Å². The average Bonchev–Trinajstić information content (AvgIpc) is 2.86. The van der Waals surface area contributed by atoms with Gasteiger partial charge in [0.05, 0.1) is 9.47 Å². The molecule has 3 nitrogen and oxygen atoms in total. The Bertz CT molecular complexity index is 649. The summed E-state index contributed by atoms with van der Waals surface area (Å²) in [5.74, 6) is 0.490. The Labute approximate surface area is 138 Å². The lowest BCUT2D eigenvalue weighted by molar-refractivity contribution is 1.13. The third-order valence-electron chi connectivity index (χ3n) is 3.35. The molecule has 0 aliphatic carbocycles. The number of nitrogens with two attached hydrogens (primary N) is 1. The zero-order valence-electron chi connectivity index (χ0n) is 12.6. The third-order valence-corrected chi connectivity index (χ3v) is 5.30. The van der Waals surface area contributed by atoms with Crippen LogP contribution < -0.4 is 10.6 Å². The number of benzene rings is 1. The van der Waals surface area contributed by atoms with E-state index in [1.165, 1.54) is 10.4 Å². The largest absolute Gasteiger partial charge is 0.369 e. The van der Waals surface area contributed by atoms with Crippen LogP contribution in [0.25, 0.3) is 0 Å². The van der Waals surface area contributed by atoms with Gasteiger partial charge in [-0.3, -0.25) is 0 Å². The van der Waals surface area contributed by atoms with Crippen molar-refractivity contribution in [2.45, 2.75) is 26.7 Å². The fraction of sp³-hybridized carbons (Fsp3) is 0.312. The quantitative estimate of drug-likeness (QED) is 0.629. The second-order valence-electron chi connectivity index (χ2n) is 4.78. The predicted molar refractivity (Wildman–Crippen MR) is 96.9 cm³/mol. The minimum absolute atomic E-state index is 0.490. The first-order chi connectivity index (χ1) is 10.0. The van der Waals surface area contributed by atoms with E-state index in [4.69, 9.17) is 5.73 Å². The standard InChI is InChI=1S/C16H20BrN3S/c1-4-11-7-6-8-12(9-11)20(3)16(18)19-14-10-13(5-2)21-15(14)17/h6-10H,4-5H2,1-3H3,(H2,18,19). The van der Waals surface area contributed by atoms with Crippen LogP contribution in [0.1, 0.15) is 24.3 Å². The van der Waals surface area contributed by atoms with Crippen LogP contribution in [0.5, 0.6) is 0 Å². The predicted octanol–water partition coefficient (Wildman–Crippen LogP) is 4.72. The summed E-state index contributed by atoms with van der Waals surface area (Å²) in [6.07, 6.45) is 2.02. The van der Waals surface area contributed by atoms with Gasteiger partial charge in [0.15, 0.2) is 0 Å². The van der Waals surface area contributed by atoms with Gasteiger partial charge in [0.2, 0.25) is 5.96 Å². The van der Waals surface area contributed by atoms with Gasteiger partial charge in [-0.15, -0.1) is 11.3 Å². The molecule has 0 saturated carbocycles. The van der Waals surface area contributed by atoms with Crippen LogP contribution in [0, 0.1) is 0 Å². The number of hydrogen-bond acceptors (Lipinski definition) is 2. The molecule has 21 heavy (non-hydrogen) atoms. The minimum Gasteiger partial charge on any atom is -0.369 e. The highest BCUT2D eigenvalue weighted by molar-refractivity contribution is 9.11. The first-order valence-corrected chi connectivity index (χ1v) is 8.61. The molecule has 2 aromatic rings. The number of thiophene rings is 1. The van der Waals surface area contributed by atoms with Gasteiger partial charge in [0.1, 0.15) is 0 Å². The van der Waals surface area contributed by atoms with Crippen molar-refractivity contribution < 1.29 is 0 Å². The lowest BCUT2D eigenvalue weighted by Crippen LogP contribution is -2.33. The Morgan fingerprint density at radius 1 is 1.29 bits per heavy atom. The van der Waals surface area contributed by atoms with Crippen molar-refractivity contribution in [3.63, 3.8) is 0 Å². The highest BCUT2D eigenvalue weighted by Crippen LogP contribution is 2.35. The van der Waals surface area contributed by atoms with E-state index in [1.54, 1.807) is 11.3 Å². The molecule has 1 heterocycles. The molecule has 2 N–H and O–H groups in total. The molecular formula is C16H20BrN3S. The summed E-state index contributed by atoms with van der Waals surface area (Å²) in [4.78, 5) is 7.75. The first-order valence-electron chi connectivity index (χ1n) is 7.00. The van der Waals surface area contributed by atoms with Crippen LogP contribution in [0.3, 0.4) is 0 Å². The average molecular weight is 366 g/mol. The summed E-state index contributed by atoms with van der Waals surface area (Å²) in [6.45, 7) is 4.28. The molecule has 5 heteroatoms. The van der Waals surface area contributed by atoms with E-state index in [0.717, 1.165) is 28.0 Å². The highest BCUT2D eigenvalue weighted by atomic mass is 79.9. The van der Waals surface area contributed by atoms with Crippen LogP contribution >= 0.6 is 27.3 Å². The normalized spacial score (nSPS) is 11.7. The number of hydrogen-bond donors (Lipinski definition) is 1. The molecule has 112 valence electrons. The molecule has 0 bridgehead atoms. The number of rotatable bonds is 4. The van der Waals surface area contributed by atoms with Crippen LogP contribution in [0.4, 0.5) is 11.4 Å². The molecule has 0 spiro atoms. The van der Waals surface area contributed by atoms with Gasteiger partial charge >= 0.3 is 0 Å². The second kappa shape index (κ2) is 7.09. The summed E-state index contributed by atoms with van der Waals surface area (Å²) < 4.78 is 1.03. The zero-order valence-corrected chi connectivity index (χ0v) is 15.0.